The number of anilines is 1. The summed E-state index contributed by atoms with van der Waals surface area (Å²) in [5, 5.41) is 2.99. The van der Waals surface area contributed by atoms with Crippen LogP contribution in [0.5, 0.6) is 0 Å². The van der Waals surface area contributed by atoms with Crippen LogP contribution in [-0.4, -0.2) is 29.2 Å². The first-order valence-corrected chi connectivity index (χ1v) is 4.54. The van der Waals surface area contributed by atoms with E-state index < -0.39 is 5.82 Å². The van der Waals surface area contributed by atoms with E-state index >= 15 is 0 Å². The van der Waals surface area contributed by atoms with Crippen molar-refractivity contribution in [2.75, 3.05) is 18.5 Å². The second kappa shape index (κ2) is 5.49. The van der Waals surface area contributed by atoms with Crippen LogP contribution in [-0.2, 0) is 4.74 Å². The van der Waals surface area contributed by atoms with Crippen molar-refractivity contribution in [3.63, 3.8) is 0 Å². The van der Waals surface area contributed by atoms with Gasteiger partial charge < -0.3 is 10.1 Å². The maximum absolute atomic E-state index is 12.4. The smallest absolute Gasteiger partial charge is 0.223 e. The number of ether oxygens (including phenoxy) is 1. The van der Waals surface area contributed by atoms with Crippen molar-refractivity contribution in [3.8, 4) is 0 Å². The van der Waals surface area contributed by atoms with Crippen LogP contribution >= 0.6 is 0 Å². The number of hydrogen-bond acceptors (Lipinski definition) is 4. The summed E-state index contributed by atoms with van der Waals surface area (Å²) in [4.78, 5) is 7.55. The van der Waals surface area contributed by atoms with Crippen LogP contribution < -0.4 is 5.32 Å². The molecule has 1 rings (SSSR count). The summed E-state index contributed by atoms with van der Waals surface area (Å²) in [5.74, 6) is -0.0217. The molecule has 0 aliphatic heterocycles. The third kappa shape index (κ3) is 3.66. The van der Waals surface area contributed by atoms with Gasteiger partial charge in [-0.05, 0) is 13.8 Å². The molecule has 5 heteroatoms. The van der Waals surface area contributed by atoms with Gasteiger partial charge in [-0.1, -0.05) is 0 Å². The van der Waals surface area contributed by atoms with Gasteiger partial charge in [-0.25, -0.2) is 14.4 Å². The number of aromatic nitrogens is 2. The molecule has 78 valence electrons. The molecule has 4 nitrogen and oxygen atoms in total. The maximum atomic E-state index is 12.4. The lowest BCUT2D eigenvalue weighted by molar-refractivity contribution is 0.141. The predicted octanol–water partition coefficient (Wildman–Crippen LogP) is 1.45. The standard InChI is InChI=1S/C9H14FN3O/c1-3-14-6-7(2)13-9-11-4-8(10)5-12-9/h4-5,7H,3,6H2,1-2H3,(H,11,12,13). The van der Waals surface area contributed by atoms with E-state index in [4.69, 9.17) is 4.74 Å². The van der Waals surface area contributed by atoms with E-state index in [1.54, 1.807) is 0 Å². The Bertz CT molecular complexity index is 265. The molecule has 0 aliphatic rings. The summed E-state index contributed by atoms with van der Waals surface area (Å²) in [6, 6.07) is 0.111. The monoisotopic (exact) mass is 199 g/mol. The Kier molecular flexibility index (Phi) is 4.25. The molecule has 1 unspecified atom stereocenters. The lowest BCUT2D eigenvalue weighted by atomic mass is 10.4. The molecule has 14 heavy (non-hydrogen) atoms. The van der Waals surface area contributed by atoms with Crippen molar-refractivity contribution in [1.82, 2.24) is 9.97 Å². The summed E-state index contributed by atoms with van der Waals surface area (Å²) in [5.41, 5.74) is 0. The molecular formula is C9H14FN3O. The predicted molar refractivity (Wildman–Crippen MR) is 51.6 cm³/mol. The molecule has 1 N–H and O–H groups in total. The highest BCUT2D eigenvalue weighted by Gasteiger charge is 2.03. The SMILES string of the molecule is CCOCC(C)Nc1ncc(F)cn1. The van der Waals surface area contributed by atoms with Crippen LogP contribution in [0.25, 0.3) is 0 Å². The fraction of sp³-hybridized carbons (Fsp3) is 0.556. The Morgan fingerprint density at radius 3 is 2.71 bits per heavy atom. The molecule has 0 aromatic carbocycles. The summed E-state index contributed by atoms with van der Waals surface area (Å²) in [6.45, 7) is 5.14. The topological polar surface area (TPSA) is 47.0 Å². The molecule has 1 atom stereocenters. The molecule has 0 bridgehead atoms. The van der Waals surface area contributed by atoms with E-state index in [9.17, 15) is 4.39 Å². The third-order valence-electron chi connectivity index (χ3n) is 1.57. The van der Waals surface area contributed by atoms with E-state index in [1.807, 2.05) is 13.8 Å². The molecule has 0 spiro atoms. The Hall–Kier alpha value is -1.23. The first-order chi connectivity index (χ1) is 6.72. The van der Waals surface area contributed by atoms with Crippen LogP contribution in [0.4, 0.5) is 10.3 Å². The quantitative estimate of drug-likeness (QED) is 0.779. The molecule has 0 saturated heterocycles. The van der Waals surface area contributed by atoms with E-state index in [2.05, 4.69) is 15.3 Å². The molecule has 0 radical (unpaired) electrons. The van der Waals surface area contributed by atoms with Crippen molar-refractivity contribution in [1.29, 1.82) is 0 Å². The van der Waals surface area contributed by atoms with E-state index in [-0.39, 0.29) is 6.04 Å². The first-order valence-electron chi connectivity index (χ1n) is 4.54. The molecule has 0 amide bonds. The molecule has 0 saturated carbocycles. The summed E-state index contributed by atoms with van der Waals surface area (Å²) < 4.78 is 17.6. The average molecular weight is 199 g/mol. The number of rotatable bonds is 5. The van der Waals surface area contributed by atoms with E-state index in [0.717, 1.165) is 12.4 Å². The molecule has 1 aromatic rings. The van der Waals surface area contributed by atoms with Gasteiger partial charge in [-0.3, -0.25) is 0 Å². The van der Waals surface area contributed by atoms with Gasteiger partial charge in [-0.15, -0.1) is 0 Å². The highest BCUT2D eigenvalue weighted by Crippen LogP contribution is 2.00. The fourth-order valence-electron chi connectivity index (χ4n) is 0.943. The highest BCUT2D eigenvalue weighted by atomic mass is 19.1. The summed E-state index contributed by atoms with van der Waals surface area (Å²) >= 11 is 0. The molecule has 0 aliphatic carbocycles. The normalized spacial score (nSPS) is 12.5. The van der Waals surface area contributed by atoms with E-state index in [1.165, 1.54) is 0 Å². The number of nitrogens with one attached hydrogen (secondary N) is 1. The van der Waals surface area contributed by atoms with Crippen molar-refractivity contribution in [2.24, 2.45) is 0 Å². The zero-order valence-corrected chi connectivity index (χ0v) is 8.33. The highest BCUT2D eigenvalue weighted by molar-refractivity contribution is 5.23. The van der Waals surface area contributed by atoms with Crippen molar-refractivity contribution in [3.05, 3.63) is 18.2 Å². The van der Waals surface area contributed by atoms with Crippen LogP contribution in [0.3, 0.4) is 0 Å². The second-order valence-corrected chi connectivity index (χ2v) is 2.93. The zero-order valence-electron chi connectivity index (χ0n) is 8.33. The van der Waals surface area contributed by atoms with E-state index in [0.29, 0.717) is 19.2 Å². The number of hydrogen-bond donors (Lipinski definition) is 1. The molecule has 1 aromatic heterocycles. The minimum atomic E-state index is -0.437. The second-order valence-electron chi connectivity index (χ2n) is 2.93. The minimum absolute atomic E-state index is 0.111. The third-order valence-corrected chi connectivity index (χ3v) is 1.57. The van der Waals surface area contributed by atoms with Crippen LogP contribution in [0.2, 0.25) is 0 Å². The van der Waals surface area contributed by atoms with Gasteiger partial charge in [0.25, 0.3) is 0 Å². The van der Waals surface area contributed by atoms with Gasteiger partial charge >= 0.3 is 0 Å². The van der Waals surface area contributed by atoms with Gasteiger partial charge in [0.15, 0.2) is 5.82 Å². The maximum Gasteiger partial charge on any atom is 0.223 e. The van der Waals surface area contributed by atoms with Crippen LogP contribution in [0.1, 0.15) is 13.8 Å². The van der Waals surface area contributed by atoms with Crippen molar-refractivity contribution in [2.45, 2.75) is 19.9 Å². The Labute approximate surface area is 82.5 Å². The minimum Gasteiger partial charge on any atom is -0.380 e. The molecule has 0 fully saturated rings. The lowest BCUT2D eigenvalue weighted by Gasteiger charge is -2.12. The number of halogens is 1. The largest absolute Gasteiger partial charge is 0.380 e. The van der Waals surface area contributed by atoms with Crippen LogP contribution in [0, 0.1) is 5.82 Å². The average Bonchev–Trinajstić information content (AvgIpc) is 2.18. The summed E-state index contributed by atoms with van der Waals surface area (Å²) in [6.07, 6.45) is 2.26. The zero-order chi connectivity index (χ0) is 10.4. The van der Waals surface area contributed by atoms with Gasteiger partial charge in [0.2, 0.25) is 5.95 Å². The fourth-order valence-corrected chi connectivity index (χ4v) is 0.943. The Morgan fingerprint density at radius 2 is 2.14 bits per heavy atom. The lowest BCUT2D eigenvalue weighted by Crippen LogP contribution is -2.22. The molecule has 1 heterocycles. The van der Waals surface area contributed by atoms with Gasteiger partial charge in [0.05, 0.1) is 19.0 Å². The molecular weight excluding hydrogens is 185 g/mol. The first kappa shape index (κ1) is 10.8. The van der Waals surface area contributed by atoms with Gasteiger partial charge in [0, 0.05) is 12.6 Å². The number of nitrogens with zero attached hydrogens (tertiary/aromatic N) is 2. The summed E-state index contributed by atoms with van der Waals surface area (Å²) in [7, 11) is 0. The Morgan fingerprint density at radius 1 is 1.50 bits per heavy atom. The van der Waals surface area contributed by atoms with Crippen LogP contribution in [0.15, 0.2) is 12.4 Å². The Balaban J connectivity index is 2.39. The van der Waals surface area contributed by atoms with Crippen molar-refractivity contribution >= 4 is 5.95 Å². The van der Waals surface area contributed by atoms with Gasteiger partial charge in [0.1, 0.15) is 0 Å². The van der Waals surface area contributed by atoms with Crippen molar-refractivity contribution < 1.29 is 9.13 Å². The van der Waals surface area contributed by atoms with Gasteiger partial charge in [-0.2, -0.15) is 0 Å².